The van der Waals surface area contributed by atoms with Gasteiger partial charge in [-0.2, -0.15) is 5.26 Å². The van der Waals surface area contributed by atoms with Gasteiger partial charge in [0.05, 0.1) is 23.2 Å². The quantitative estimate of drug-likeness (QED) is 0.651. The van der Waals surface area contributed by atoms with Crippen molar-refractivity contribution in [2.75, 3.05) is 11.9 Å². The van der Waals surface area contributed by atoms with Gasteiger partial charge in [-0.1, -0.05) is 11.6 Å². The largest absolute Gasteiger partial charge is 0.337 e. The molecular weight excluding hydrogens is 340 g/mol. The van der Waals surface area contributed by atoms with Crippen molar-refractivity contribution >= 4 is 45.9 Å². The van der Waals surface area contributed by atoms with Crippen molar-refractivity contribution < 1.29 is 4.79 Å². The molecule has 1 rings (SSSR count). The smallest absolute Gasteiger partial charge is 0.319 e. The molecule has 0 fully saturated rings. The number of nitriles is 1. The summed E-state index contributed by atoms with van der Waals surface area (Å²) in [6.45, 7) is 0.323. The van der Waals surface area contributed by atoms with Crippen molar-refractivity contribution in [2.45, 2.75) is 6.42 Å². The molecule has 0 aliphatic rings. The fourth-order valence-electron chi connectivity index (χ4n) is 0.992. The van der Waals surface area contributed by atoms with Gasteiger partial charge in [-0.15, -0.1) is 0 Å². The van der Waals surface area contributed by atoms with E-state index in [9.17, 15) is 4.79 Å². The lowest BCUT2D eigenvalue weighted by molar-refractivity contribution is 0.252. The normalized spacial score (nSPS) is 9.31. The van der Waals surface area contributed by atoms with Crippen LogP contribution >= 0.6 is 34.2 Å². The van der Waals surface area contributed by atoms with Crippen LogP contribution in [0.3, 0.4) is 0 Å². The molecule has 0 aliphatic heterocycles. The maximum atomic E-state index is 11.4. The molecule has 0 aliphatic carbocycles. The SMILES string of the molecule is N#CCCNC(=O)Nc1cc(I)ccc1Cl. The van der Waals surface area contributed by atoms with Gasteiger partial charge in [0.2, 0.25) is 0 Å². The number of urea groups is 1. The van der Waals surface area contributed by atoms with Crippen LogP contribution in [0, 0.1) is 14.9 Å². The number of amides is 2. The van der Waals surface area contributed by atoms with Gasteiger partial charge in [-0.05, 0) is 40.8 Å². The van der Waals surface area contributed by atoms with Gasteiger partial charge in [0.15, 0.2) is 0 Å². The minimum atomic E-state index is -0.362. The molecule has 0 spiro atoms. The predicted molar refractivity (Wildman–Crippen MR) is 71.4 cm³/mol. The highest BCUT2D eigenvalue weighted by Crippen LogP contribution is 2.23. The maximum Gasteiger partial charge on any atom is 0.319 e. The predicted octanol–water partition coefficient (Wildman–Crippen LogP) is 2.98. The Bertz CT molecular complexity index is 431. The number of halogens is 2. The third kappa shape index (κ3) is 4.24. The van der Waals surface area contributed by atoms with Crippen molar-refractivity contribution in [1.82, 2.24) is 5.32 Å². The summed E-state index contributed by atoms with van der Waals surface area (Å²) < 4.78 is 0.981. The Morgan fingerprint density at radius 2 is 2.31 bits per heavy atom. The van der Waals surface area contributed by atoms with Crippen molar-refractivity contribution in [3.63, 3.8) is 0 Å². The first-order chi connectivity index (χ1) is 7.63. The summed E-state index contributed by atoms with van der Waals surface area (Å²) in [4.78, 5) is 11.4. The molecule has 0 aromatic heterocycles. The lowest BCUT2D eigenvalue weighted by Crippen LogP contribution is -2.29. The number of nitrogens with one attached hydrogen (secondary N) is 2. The molecular formula is C10H9ClIN3O. The summed E-state index contributed by atoms with van der Waals surface area (Å²) in [7, 11) is 0. The zero-order valence-corrected chi connectivity index (χ0v) is 11.2. The summed E-state index contributed by atoms with van der Waals surface area (Å²) >= 11 is 8.03. The first kappa shape index (κ1) is 13.1. The van der Waals surface area contributed by atoms with Gasteiger partial charge in [0.25, 0.3) is 0 Å². The van der Waals surface area contributed by atoms with E-state index in [2.05, 4.69) is 33.2 Å². The highest BCUT2D eigenvalue weighted by atomic mass is 127. The van der Waals surface area contributed by atoms with Gasteiger partial charge < -0.3 is 10.6 Å². The monoisotopic (exact) mass is 349 g/mol. The molecule has 0 saturated carbocycles. The summed E-state index contributed by atoms with van der Waals surface area (Å²) in [6, 6.07) is 6.91. The highest BCUT2D eigenvalue weighted by molar-refractivity contribution is 14.1. The molecule has 0 heterocycles. The standard InChI is InChI=1S/C10H9ClIN3O/c11-8-3-2-7(12)6-9(8)15-10(16)14-5-1-4-13/h2-3,6H,1,5H2,(H2,14,15,16). The second-order valence-corrected chi connectivity index (χ2v) is 4.57. The van der Waals surface area contributed by atoms with Crippen LogP contribution in [0.4, 0.5) is 10.5 Å². The minimum absolute atomic E-state index is 0.285. The Morgan fingerprint density at radius 1 is 1.56 bits per heavy atom. The van der Waals surface area contributed by atoms with Crippen LogP contribution < -0.4 is 10.6 Å². The first-order valence-electron chi connectivity index (χ1n) is 4.50. The van der Waals surface area contributed by atoms with Gasteiger partial charge in [0.1, 0.15) is 0 Å². The van der Waals surface area contributed by atoms with Crippen LogP contribution in [0.1, 0.15) is 6.42 Å². The lowest BCUT2D eigenvalue weighted by Gasteiger charge is -2.08. The second kappa shape index (κ2) is 6.55. The van der Waals surface area contributed by atoms with Crippen LogP contribution in [-0.4, -0.2) is 12.6 Å². The first-order valence-corrected chi connectivity index (χ1v) is 5.96. The molecule has 2 amide bonds. The van der Waals surface area contributed by atoms with Crippen molar-refractivity contribution in [1.29, 1.82) is 5.26 Å². The molecule has 84 valence electrons. The van der Waals surface area contributed by atoms with E-state index in [0.717, 1.165) is 3.57 Å². The summed E-state index contributed by atoms with van der Waals surface area (Å²) in [6.07, 6.45) is 0.285. The summed E-state index contributed by atoms with van der Waals surface area (Å²) in [5.74, 6) is 0. The highest BCUT2D eigenvalue weighted by Gasteiger charge is 2.05. The zero-order valence-electron chi connectivity index (χ0n) is 8.26. The molecule has 0 bridgehead atoms. The Kier molecular flexibility index (Phi) is 5.35. The number of rotatable bonds is 3. The van der Waals surface area contributed by atoms with E-state index in [1.165, 1.54) is 0 Å². The van der Waals surface area contributed by atoms with E-state index in [4.69, 9.17) is 16.9 Å². The van der Waals surface area contributed by atoms with Crippen LogP contribution in [0.25, 0.3) is 0 Å². The van der Waals surface area contributed by atoms with E-state index >= 15 is 0 Å². The number of nitrogens with zero attached hydrogens (tertiary/aromatic N) is 1. The Hall–Kier alpha value is -1.000. The van der Waals surface area contributed by atoms with Crippen LogP contribution in [0.5, 0.6) is 0 Å². The van der Waals surface area contributed by atoms with E-state index in [-0.39, 0.29) is 12.5 Å². The fourth-order valence-corrected chi connectivity index (χ4v) is 1.65. The van der Waals surface area contributed by atoms with Crippen LogP contribution in [0.2, 0.25) is 5.02 Å². The minimum Gasteiger partial charge on any atom is -0.337 e. The van der Waals surface area contributed by atoms with Gasteiger partial charge in [0, 0.05) is 10.1 Å². The molecule has 0 atom stereocenters. The number of benzene rings is 1. The van der Waals surface area contributed by atoms with Gasteiger partial charge >= 0.3 is 6.03 Å². The third-order valence-electron chi connectivity index (χ3n) is 1.70. The number of hydrogen-bond acceptors (Lipinski definition) is 2. The molecule has 0 radical (unpaired) electrons. The molecule has 16 heavy (non-hydrogen) atoms. The second-order valence-electron chi connectivity index (χ2n) is 2.91. The Morgan fingerprint density at radius 3 is 3.00 bits per heavy atom. The molecule has 0 saturated heterocycles. The van der Waals surface area contributed by atoms with E-state index in [1.54, 1.807) is 12.1 Å². The number of carbonyl (C=O) groups is 1. The average molecular weight is 350 g/mol. The number of carbonyl (C=O) groups excluding carboxylic acids is 1. The molecule has 2 N–H and O–H groups in total. The third-order valence-corrected chi connectivity index (χ3v) is 2.70. The van der Waals surface area contributed by atoms with Crippen molar-refractivity contribution in [3.05, 3.63) is 26.8 Å². The topological polar surface area (TPSA) is 64.9 Å². The number of anilines is 1. The molecule has 1 aromatic carbocycles. The van der Waals surface area contributed by atoms with E-state index in [1.807, 2.05) is 12.1 Å². The molecule has 0 unspecified atom stereocenters. The number of hydrogen-bond donors (Lipinski definition) is 2. The van der Waals surface area contributed by atoms with Crippen LogP contribution in [0.15, 0.2) is 18.2 Å². The average Bonchev–Trinajstić information content (AvgIpc) is 2.24. The molecule has 1 aromatic rings. The summed E-state index contributed by atoms with van der Waals surface area (Å²) in [5, 5.41) is 13.9. The summed E-state index contributed by atoms with van der Waals surface area (Å²) in [5.41, 5.74) is 0.558. The van der Waals surface area contributed by atoms with Crippen molar-refractivity contribution in [3.8, 4) is 6.07 Å². The Balaban J connectivity index is 2.56. The van der Waals surface area contributed by atoms with Crippen LogP contribution in [-0.2, 0) is 0 Å². The lowest BCUT2D eigenvalue weighted by atomic mass is 10.3. The Labute approximate surface area is 112 Å². The zero-order chi connectivity index (χ0) is 12.0. The fraction of sp³-hybridized carbons (Fsp3) is 0.200. The molecule has 4 nitrogen and oxygen atoms in total. The molecule has 6 heteroatoms. The van der Waals surface area contributed by atoms with Gasteiger partial charge in [-0.3, -0.25) is 0 Å². The van der Waals surface area contributed by atoms with Crippen molar-refractivity contribution in [2.24, 2.45) is 0 Å². The van der Waals surface area contributed by atoms with Gasteiger partial charge in [-0.25, -0.2) is 4.79 Å². The maximum absolute atomic E-state index is 11.4. The van der Waals surface area contributed by atoms with E-state index in [0.29, 0.717) is 17.3 Å². The van der Waals surface area contributed by atoms with E-state index < -0.39 is 0 Å².